The van der Waals surface area contributed by atoms with Gasteiger partial charge in [0.15, 0.2) is 5.78 Å². The van der Waals surface area contributed by atoms with Crippen molar-refractivity contribution in [2.45, 2.75) is 27.2 Å². The van der Waals surface area contributed by atoms with E-state index in [1.54, 1.807) is 14.7 Å². The van der Waals surface area contributed by atoms with Crippen molar-refractivity contribution in [3.05, 3.63) is 0 Å². The van der Waals surface area contributed by atoms with E-state index in [0.717, 1.165) is 0 Å². The number of carbonyl (C=O) groups excluding carboxylic acids is 1. The van der Waals surface area contributed by atoms with Gasteiger partial charge in [-0.1, -0.05) is 20.8 Å². The predicted octanol–water partition coefficient (Wildman–Crippen LogP) is -0.533. The lowest BCUT2D eigenvalue weighted by atomic mass is 9.85. The standard InChI is InChI=1S/C21H38N4O7/c1-4-21(2,3)17(26)13-22-5-7-23(14-18(27)28)9-11-25(16-20(31)32)12-10-24(8-6-22)15-19(29)30/h4-16H2,1-3H3,(H,27,28)(H,29,30)(H,31,32). The van der Waals surface area contributed by atoms with E-state index in [9.17, 15) is 34.5 Å². The SMILES string of the molecule is CCC(C)(C)C(=O)CN1CCN(CC(=O)O)CCN(CC(=O)O)CCN(CC(=O)O)CC1. The second-order valence-corrected chi connectivity index (χ2v) is 8.95. The van der Waals surface area contributed by atoms with E-state index in [1.807, 2.05) is 25.7 Å². The molecule has 0 aliphatic carbocycles. The molecule has 32 heavy (non-hydrogen) atoms. The van der Waals surface area contributed by atoms with Gasteiger partial charge in [0.2, 0.25) is 0 Å². The Labute approximate surface area is 189 Å². The lowest BCUT2D eigenvalue weighted by Gasteiger charge is -2.34. The molecule has 0 spiro atoms. The smallest absolute Gasteiger partial charge is 0.317 e. The Morgan fingerprint density at radius 3 is 1.06 bits per heavy atom. The average molecular weight is 459 g/mol. The first-order valence-corrected chi connectivity index (χ1v) is 11.0. The lowest BCUT2D eigenvalue weighted by molar-refractivity contribution is -0.140. The first-order valence-electron chi connectivity index (χ1n) is 11.0. The largest absolute Gasteiger partial charge is 0.480 e. The molecule has 0 radical (unpaired) electrons. The Balaban J connectivity index is 3.01. The molecule has 0 aromatic carbocycles. The highest BCUT2D eigenvalue weighted by Gasteiger charge is 2.27. The van der Waals surface area contributed by atoms with Crippen molar-refractivity contribution in [1.29, 1.82) is 0 Å². The summed E-state index contributed by atoms with van der Waals surface area (Å²) in [7, 11) is 0. The molecular weight excluding hydrogens is 420 g/mol. The number of ketones is 1. The van der Waals surface area contributed by atoms with Gasteiger partial charge in [0, 0.05) is 57.8 Å². The molecule has 184 valence electrons. The highest BCUT2D eigenvalue weighted by molar-refractivity contribution is 5.85. The molecule has 0 aromatic rings. The molecule has 1 saturated heterocycles. The van der Waals surface area contributed by atoms with Crippen molar-refractivity contribution >= 4 is 23.7 Å². The summed E-state index contributed by atoms with van der Waals surface area (Å²) in [6, 6.07) is 0. The summed E-state index contributed by atoms with van der Waals surface area (Å²) in [5.41, 5.74) is -0.470. The predicted molar refractivity (Wildman–Crippen MR) is 118 cm³/mol. The minimum absolute atomic E-state index is 0.0919. The van der Waals surface area contributed by atoms with Gasteiger partial charge in [-0.05, 0) is 6.42 Å². The Morgan fingerprint density at radius 1 is 0.594 bits per heavy atom. The summed E-state index contributed by atoms with van der Waals surface area (Å²) in [4.78, 5) is 53.7. The maximum absolute atomic E-state index is 12.8. The van der Waals surface area contributed by atoms with Crippen LogP contribution in [0.3, 0.4) is 0 Å². The minimum Gasteiger partial charge on any atom is -0.480 e. The zero-order chi connectivity index (χ0) is 24.3. The van der Waals surface area contributed by atoms with Crippen LogP contribution in [0.5, 0.6) is 0 Å². The summed E-state index contributed by atoms with van der Waals surface area (Å²) in [5, 5.41) is 27.7. The molecule has 1 heterocycles. The number of nitrogens with zero attached hydrogens (tertiary/aromatic N) is 4. The number of hydrogen-bond donors (Lipinski definition) is 3. The fraction of sp³-hybridized carbons (Fsp3) is 0.810. The fourth-order valence-corrected chi connectivity index (χ4v) is 3.40. The number of carboxylic acid groups (broad SMARTS) is 3. The molecule has 0 aromatic heterocycles. The number of carboxylic acids is 3. The molecule has 11 nitrogen and oxygen atoms in total. The summed E-state index contributed by atoms with van der Waals surface area (Å²) < 4.78 is 0. The number of aliphatic carboxylic acids is 3. The number of rotatable bonds is 10. The Kier molecular flexibility index (Phi) is 11.8. The summed E-state index contributed by atoms with van der Waals surface area (Å²) in [6.07, 6.45) is 0.704. The van der Waals surface area contributed by atoms with E-state index in [4.69, 9.17) is 0 Å². The summed E-state index contributed by atoms with van der Waals surface area (Å²) >= 11 is 0. The van der Waals surface area contributed by atoms with Gasteiger partial charge in [0.25, 0.3) is 0 Å². The van der Waals surface area contributed by atoms with Gasteiger partial charge in [-0.3, -0.25) is 38.8 Å². The van der Waals surface area contributed by atoms with Crippen LogP contribution in [0.25, 0.3) is 0 Å². The molecule has 11 heteroatoms. The van der Waals surface area contributed by atoms with Crippen LogP contribution in [0.1, 0.15) is 27.2 Å². The third-order valence-corrected chi connectivity index (χ3v) is 6.01. The average Bonchev–Trinajstić information content (AvgIpc) is 2.68. The van der Waals surface area contributed by atoms with E-state index in [0.29, 0.717) is 58.8 Å². The second kappa shape index (κ2) is 13.5. The molecule has 0 bridgehead atoms. The van der Waals surface area contributed by atoms with Crippen molar-refractivity contribution in [2.75, 3.05) is 78.5 Å². The van der Waals surface area contributed by atoms with Gasteiger partial charge in [-0.25, -0.2) is 0 Å². The van der Waals surface area contributed by atoms with E-state index in [1.165, 1.54) is 0 Å². The minimum atomic E-state index is -0.991. The zero-order valence-electron chi connectivity index (χ0n) is 19.5. The van der Waals surface area contributed by atoms with Gasteiger partial charge >= 0.3 is 17.9 Å². The molecular formula is C21H38N4O7. The van der Waals surface area contributed by atoms with Crippen LogP contribution in [0.15, 0.2) is 0 Å². The van der Waals surface area contributed by atoms with Crippen LogP contribution >= 0.6 is 0 Å². The molecule has 0 unspecified atom stereocenters. The summed E-state index contributed by atoms with van der Waals surface area (Å²) in [5.74, 6) is -2.84. The normalized spacial score (nSPS) is 19.1. The second-order valence-electron chi connectivity index (χ2n) is 8.95. The van der Waals surface area contributed by atoms with Gasteiger partial charge in [-0.2, -0.15) is 0 Å². The number of carbonyl (C=O) groups is 4. The third-order valence-electron chi connectivity index (χ3n) is 6.01. The Morgan fingerprint density at radius 2 is 0.844 bits per heavy atom. The molecule has 0 saturated carbocycles. The lowest BCUT2D eigenvalue weighted by Crippen LogP contribution is -2.49. The number of Topliss-reactive ketones (excluding diaryl/α,β-unsaturated/α-hetero) is 1. The fourth-order valence-electron chi connectivity index (χ4n) is 3.40. The third kappa shape index (κ3) is 11.0. The first kappa shape index (κ1) is 28.0. The molecule has 1 aliphatic heterocycles. The van der Waals surface area contributed by atoms with Crippen molar-refractivity contribution in [3.63, 3.8) is 0 Å². The monoisotopic (exact) mass is 458 g/mol. The van der Waals surface area contributed by atoms with E-state index in [-0.39, 0.29) is 32.0 Å². The Hall–Kier alpha value is -2.08. The van der Waals surface area contributed by atoms with Crippen LogP contribution in [0.4, 0.5) is 0 Å². The molecule has 0 atom stereocenters. The Bertz CT molecular complexity index is 624. The van der Waals surface area contributed by atoms with Crippen molar-refractivity contribution in [2.24, 2.45) is 5.41 Å². The van der Waals surface area contributed by atoms with Crippen molar-refractivity contribution < 1.29 is 34.5 Å². The van der Waals surface area contributed by atoms with Gasteiger partial charge in [-0.15, -0.1) is 0 Å². The number of hydrogen-bond acceptors (Lipinski definition) is 8. The van der Waals surface area contributed by atoms with Gasteiger partial charge in [0.1, 0.15) is 0 Å². The van der Waals surface area contributed by atoms with Crippen LogP contribution in [-0.2, 0) is 19.2 Å². The van der Waals surface area contributed by atoms with E-state index in [2.05, 4.69) is 0 Å². The van der Waals surface area contributed by atoms with E-state index >= 15 is 0 Å². The molecule has 3 N–H and O–H groups in total. The van der Waals surface area contributed by atoms with Crippen LogP contribution in [0, 0.1) is 5.41 Å². The van der Waals surface area contributed by atoms with Crippen LogP contribution in [0.2, 0.25) is 0 Å². The molecule has 1 aliphatic rings. The summed E-state index contributed by atoms with van der Waals surface area (Å²) in [6.45, 7) is 8.58. The zero-order valence-corrected chi connectivity index (χ0v) is 19.5. The van der Waals surface area contributed by atoms with Crippen molar-refractivity contribution in [3.8, 4) is 0 Å². The van der Waals surface area contributed by atoms with Gasteiger partial charge in [0.05, 0.1) is 26.2 Å². The van der Waals surface area contributed by atoms with Crippen molar-refractivity contribution in [1.82, 2.24) is 19.6 Å². The first-order chi connectivity index (χ1) is 14.9. The van der Waals surface area contributed by atoms with E-state index < -0.39 is 23.3 Å². The molecule has 1 rings (SSSR count). The highest BCUT2D eigenvalue weighted by Crippen LogP contribution is 2.21. The highest BCUT2D eigenvalue weighted by atomic mass is 16.4. The quantitative estimate of drug-likeness (QED) is 0.389. The van der Waals surface area contributed by atoms with Crippen LogP contribution in [-0.4, -0.2) is 137 Å². The van der Waals surface area contributed by atoms with Gasteiger partial charge < -0.3 is 15.3 Å². The maximum atomic E-state index is 12.8. The molecule has 1 fully saturated rings. The topological polar surface area (TPSA) is 142 Å². The maximum Gasteiger partial charge on any atom is 0.317 e. The molecule has 0 amide bonds. The van der Waals surface area contributed by atoms with Crippen LogP contribution < -0.4 is 0 Å².